The zero-order chi connectivity index (χ0) is 19.1. The summed E-state index contributed by atoms with van der Waals surface area (Å²) in [7, 11) is 0. The Bertz CT molecular complexity index is 1170. The van der Waals surface area contributed by atoms with Crippen LogP contribution >= 0.6 is 15.9 Å². The minimum Gasteiger partial charge on any atom is -0.402 e. The van der Waals surface area contributed by atoms with Gasteiger partial charge in [0.1, 0.15) is 0 Å². The molecule has 2 aromatic carbocycles. The van der Waals surface area contributed by atoms with E-state index in [1.54, 1.807) is 16.8 Å². The van der Waals surface area contributed by atoms with Crippen molar-refractivity contribution in [2.45, 2.75) is 13.8 Å². The third kappa shape index (κ3) is 3.13. The Hall–Kier alpha value is -2.99. The Morgan fingerprint density at radius 3 is 2.74 bits per heavy atom. The highest BCUT2D eigenvalue weighted by molar-refractivity contribution is 9.10. The van der Waals surface area contributed by atoms with Gasteiger partial charge in [-0.25, -0.2) is 9.79 Å². The maximum Gasteiger partial charge on any atom is 0.363 e. The first-order valence-corrected chi connectivity index (χ1v) is 9.13. The fourth-order valence-corrected chi connectivity index (χ4v) is 3.45. The molecule has 1 aliphatic rings. The van der Waals surface area contributed by atoms with Crippen LogP contribution in [-0.2, 0) is 9.53 Å². The van der Waals surface area contributed by atoms with Crippen LogP contribution in [0.15, 0.2) is 63.8 Å². The number of fused-ring (bicyclic) bond motifs is 1. The van der Waals surface area contributed by atoms with Crippen molar-refractivity contribution >= 4 is 50.7 Å². The normalized spacial score (nSPS) is 15.3. The van der Waals surface area contributed by atoms with Gasteiger partial charge in [0.2, 0.25) is 11.8 Å². The lowest BCUT2D eigenvalue weighted by Crippen LogP contribution is -2.06. The van der Waals surface area contributed by atoms with Gasteiger partial charge >= 0.3 is 5.97 Å². The van der Waals surface area contributed by atoms with Gasteiger partial charge in [-0.2, -0.15) is 0 Å². The first kappa shape index (κ1) is 17.4. The highest BCUT2D eigenvalue weighted by Gasteiger charge is 2.25. The molecular formula is C21H15BrN2O3. The number of cyclic esters (lactones) is 1. The van der Waals surface area contributed by atoms with E-state index in [2.05, 4.69) is 20.9 Å². The maximum atomic E-state index is 12.3. The van der Waals surface area contributed by atoms with Crippen molar-refractivity contribution in [1.82, 2.24) is 4.57 Å². The maximum absolute atomic E-state index is 12.3. The van der Waals surface area contributed by atoms with Crippen LogP contribution in [0, 0.1) is 6.92 Å². The standard InChI is InChI=1S/C21H15BrN2O3/c1-12-5-3-4-6-16(12)20-23-18(21(26)27-20)9-14-11-24(13(2)25)19-8-7-15(22)10-17(14)19/h3-11H,1-2H3/b18-9-. The molecule has 1 aromatic heterocycles. The van der Waals surface area contributed by atoms with E-state index in [4.69, 9.17) is 4.74 Å². The lowest BCUT2D eigenvalue weighted by molar-refractivity contribution is -0.129. The Morgan fingerprint density at radius 1 is 1.22 bits per heavy atom. The molecule has 6 heteroatoms. The van der Waals surface area contributed by atoms with Crippen LogP contribution < -0.4 is 0 Å². The average molecular weight is 423 g/mol. The molecule has 0 unspecified atom stereocenters. The number of nitrogens with zero attached hydrogens (tertiary/aromatic N) is 2. The second-order valence-corrected chi connectivity index (χ2v) is 7.20. The average Bonchev–Trinajstić information content (AvgIpc) is 3.17. The number of carbonyl (C=O) groups is 2. The Kier molecular flexibility index (Phi) is 4.28. The largest absolute Gasteiger partial charge is 0.402 e. The summed E-state index contributed by atoms with van der Waals surface area (Å²) in [5.41, 5.74) is 3.46. The van der Waals surface area contributed by atoms with Crippen molar-refractivity contribution in [2.75, 3.05) is 0 Å². The van der Waals surface area contributed by atoms with Gasteiger partial charge in [-0.15, -0.1) is 0 Å². The van der Waals surface area contributed by atoms with Gasteiger partial charge in [0, 0.05) is 34.1 Å². The molecule has 0 N–H and O–H groups in total. The van der Waals surface area contributed by atoms with E-state index in [-0.39, 0.29) is 11.6 Å². The smallest absolute Gasteiger partial charge is 0.363 e. The van der Waals surface area contributed by atoms with Crippen LogP contribution in [0.4, 0.5) is 0 Å². The molecular weight excluding hydrogens is 408 g/mol. The predicted molar refractivity (Wildman–Crippen MR) is 108 cm³/mol. The van der Waals surface area contributed by atoms with Gasteiger partial charge in [0.25, 0.3) is 0 Å². The number of carbonyl (C=O) groups excluding carboxylic acids is 2. The Labute approximate surface area is 164 Å². The summed E-state index contributed by atoms with van der Waals surface area (Å²) in [6.45, 7) is 3.43. The monoisotopic (exact) mass is 422 g/mol. The van der Waals surface area contributed by atoms with E-state index in [0.717, 1.165) is 32.1 Å². The highest BCUT2D eigenvalue weighted by atomic mass is 79.9. The number of aliphatic imine (C=N–C) groups is 1. The molecule has 5 nitrogen and oxygen atoms in total. The Morgan fingerprint density at radius 2 is 2.00 bits per heavy atom. The molecule has 0 fully saturated rings. The van der Waals surface area contributed by atoms with Gasteiger partial charge in [-0.05, 0) is 42.8 Å². The first-order valence-electron chi connectivity index (χ1n) is 8.34. The summed E-state index contributed by atoms with van der Waals surface area (Å²) in [5, 5.41) is 0.847. The molecule has 134 valence electrons. The van der Waals surface area contributed by atoms with Crippen molar-refractivity contribution in [3.05, 3.63) is 75.5 Å². The SMILES string of the molecule is CC(=O)n1cc(/C=C2\N=C(c3ccccc3C)OC2=O)c2cc(Br)ccc21. The van der Waals surface area contributed by atoms with Crippen LogP contribution in [0.25, 0.3) is 17.0 Å². The fourth-order valence-electron chi connectivity index (χ4n) is 3.09. The van der Waals surface area contributed by atoms with E-state index in [1.807, 2.05) is 49.4 Å². The van der Waals surface area contributed by atoms with Crippen molar-refractivity contribution in [3.63, 3.8) is 0 Å². The summed E-state index contributed by atoms with van der Waals surface area (Å²) in [5.74, 6) is -0.321. The molecule has 2 heterocycles. The summed E-state index contributed by atoms with van der Waals surface area (Å²) in [6, 6.07) is 13.2. The second kappa shape index (κ2) is 6.63. The summed E-state index contributed by atoms with van der Waals surface area (Å²) in [4.78, 5) is 28.7. The van der Waals surface area contributed by atoms with E-state index < -0.39 is 5.97 Å². The number of rotatable bonds is 2. The van der Waals surface area contributed by atoms with Gasteiger partial charge in [-0.1, -0.05) is 34.1 Å². The summed E-state index contributed by atoms with van der Waals surface area (Å²) in [6.07, 6.45) is 3.36. The molecule has 0 aliphatic carbocycles. The number of benzene rings is 2. The molecule has 1 aliphatic heterocycles. The predicted octanol–water partition coefficient (Wildman–Crippen LogP) is 4.72. The second-order valence-electron chi connectivity index (χ2n) is 6.29. The number of aryl methyl sites for hydroxylation is 1. The van der Waals surface area contributed by atoms with E-state index >= 15 is 0 Å². The van der Waals surface area contributed by atoms with Gasteiger partial charge < -0.3 is 4.74 Å². The molecule has 0 saturated carbocycles. The molecule has 0 spiro atoms. The fraction of sp³-hybridized carbons (Fsp3) is 0.0952. The quantitative estimate of drug-likeness (QED) is 0.443. The third-order valence-corrected chi connectivity index (χ3v) is 4.92. The van der Waals surface area contributed by atoms with Crippen molar-refractivity contribution in [3.8, 4) is 0 Å². The summed E-state index contributed by atoms with van der Waals surface area (Å²) >= 11 is 3.45. The van der Waals surface area contributed by atoms with Crippen molar-refractivity contribution < 1.29 is 14.3 Å². The third-order valence-electron chi connectivity index (χ3n) is 4.42. The van der Waals surface area contributed by atoms with E-state index in [1.165, 1.54) is 6.92 Å². The molecule has 0 radical (unpaired) electrons. The van der Waals surface area contributed by atoms with Gasteiger partial charge in [0.05, 0.1) is 5.52 Å². The molecule has 0 amide bonds. The van der Waals surface area contributed by atoms with Crippen LogP contribution in [0.2, 0.25) is 0 Å². The van der Waals surface area contributed by atoms with Gasteiger partial charge in [-0.3, -0.25) is 9.36 Å². The Balaban J connectivity index is 1.84. The zero-order valence-electron chi connectivity index (χ0n) is 14.7. The van der Waals surface area contributed by atoms with Gasteiger partial charge in [0.15, 0.2) is 5.70 Å². The number of esters is 1. The van der Waals surface area contributed by atoms with Crippen LogP contribution in [0.1, 0.15) is 28.4 Å². The minimum atomic E-state index is -0.507. The molecule has 4 rings (SSSR count). The van der Waals surface area contributed by atoms with E-state index in [0.29, 0.717) is 5.90 Å². The highest BCUT2D eigenvalue weighted by Crippen LogP contribution is 2.29. The molecule has 3 aromatic rings. The number of hydrogen-bond donors (Lipinski definition) is 0. The molecule has 0 saturated heterocycles. The van der Waals surface area contributed by atoms with Crippen LogP contribution in [-0.4, -0.2) is 22.3 Å². The minimum absolute atomic E-state index is 0.106. The number of aromatic nitrogens is 1. The lowest BCUT2D eigenvalue weighted by atomic mass is 10.1. The molecule has 27 heavy (non-hydrogen) atoms. The zero-order valence-corrected chi connectivity index (χ0v) is 16.3. The van der Waals surface area contributed by atoms with Crippen LogP contribution in [0.5, 0.6) is 0 Å². The van der Waals surface area contributed by atoms with E-state index in [9.17, 15) is 9.59 Å². The summed E-state index contributed by atoms with van der Waals surface area (Å²) < 4.78 is 7.80. The first-order chi connectivity index (χ1) is 12.9. The lowest BCUT2D eigenvalue weighted by Gasteiger charge is -2.02. The van der Waals surface area contributed by atoms with Crippen molar-refractivity contribution in [1.29, 1.82) is 0 Å². The number of hydrogen-bond acceptors (Lipinski definition) is 4. The molecule has 0 atom stereocenters. The number of halogens is 1. The van der Waals surface area contributed by atoms with Crippen LogP contribution in [0.3, 0.4) is 0 Å². The van der Waals surface area contributed by atoms with Crippen molar-refractivity contribution in [2.24, 2.45) is 4.99 Å². The topological polar surface area (TPSA) is 60.7 Å². The molecule has 0 bridgehead atoms. The number of ether oxygens (including phenoxy) is 1.